The van der Waals surface area contributed by atoms with Crippen LogP contribution in [0, 0.1) is 5.92 Å². The van der Waals surface area contributed by atoms with Crippen LogP contribution >= 0.6 is 0 Å². The highest BCUT2D eigenvalue weighted by Gasteiger charge is 2.32. The van der Waals surface area contributed by atoms with Crippen molar-refractivity contribution >= 4 is 28.5 Å². The number of ether oxygens (including phenoxy) is 2. The first-order chi connectivity index (χ1) is 18.9. The van der Waals surface area contributed by atoms with E-state index in [9.17, 15) is 9.59 Å². The molecule has 39 heavy (non-hydrogen) atoms. The van der Waals surface area contributed by atoms with Crippen LogP contribution in [0.2, 0.25) is 0 Å². The lowest BCUT2D eigenvalue weighted by atomic mass is 9.81. The number of rotatable bonds is 10. The number of aromatic nitrogens is 4. The van der Waals surface area contributed by atoms with Crippen molar-refractivity contribution in [3.63, 3.8) is 0 Å². The predicted octanol–water partition coefficient (Wildman–Crippen LogP) is 5.10. The maximum atomic E-state index is 13.5. The lowest BCUT2D eigenvalue weighted by molar-refractivity contribution is -0.116. The van der Waals surface area contributed by atoms with Crippen LogP contribution in [0.1, 0.15) is 49.8 Å². The fourth-order valence-corrected chi connectivity index (χ4v) is 5.31. The van der Waals surface area contributed by atoms with E-state index >= 15 is 0 Å². The van der Waals surface area contributed by atoms with Crippen molar-refractivity contribution in [2.45, 2.75) is 57.6 Å². The van der Waals surface area contributed by atoms with Gasteiger partial charge in [0.15, 0.2) is 0 Å². The molecule has 0 bridgehead atoms. The number of imidazole rings is 1. The molecule has 0 radical (unpaired) electrons. The lowest BCUT2D eigenvalue weighted by Gasteiger charge is -2.35. The Morgan fingerprint density at radius 1 is 1.10 bits per heavy atom. The van der Waals surface area contributed by atoms with Gasteiger partial charge in [-0.15, -0.1) is 0 Å². The highest BCUT2D eigenvalue weighted by atomic mass is 16.5. The Balaban J connectivity index is 1.27. The number of nitrogens with one attached hydrogen (secondary N) is 1. The molecule has 3 heterocycles. The van der Waals surface area contributed by atoms with Gasteiger partial charge in [-0.3, -0.25) is 14.6 Å². The Kier molecular flexibility index (Phi) is 6.68. The monoisotopic (exact) mass is 527 g/mol. The largest absolute Gasteiger partial charge is 0.457 e. The molecule has 9 heteroatoms. The number of hydrogen-bond donors (Lipinski definition) is 1. The van der Waals surface area contributed by atoms with Gasteiger partial charge < -0.3 is 23.9 Å². The highest BCUT2D eigenvalue weighted by Crippen LogP contribution is 2.41. The molecule has 3 aromatic heterocycles. The van der Waals surface area contributed by atoms with Crippen molar-refractivity contribution in [3.8, 4) is 11.5 Å². The molecule has 202 valence electrons. The van der Waals surface area contributed by atoms with E-state index in [1.807, 2.05) is 46.6 Å². The fourth-order valence-electron chi connectivity index (χ4n) is 5.31. The number of anilines is 2. The van der Waals surface area contributed by atoms with Gasteiger partial charge in [0.05, 0.1) is 22.8 Å². The number of carbonyl (C=O) groups excluding carboxylic acids is 1. The molecule has 2 atom stereocenters. The van der Waals surface area contributed by atoms with E-state index in [2.05, 4.69) is 10.3 Å². The third-order valence-corrected chi connectivity index (χ3v) is 7.79. The van der Waals surface area contributed by atoms with E-state index in [0.717, 1.165) is 36.7 Å². The molecule has 0 amide bonds. The Morgan fingerprint density at radius 2 is 1.92 bits per heavy atom. The van der Waals surface area contributed by atoms with Crippen LogP contribution in [0.15, 0.2) is 53.6 Å². The van der Waals surface area contributed by atoms with Crippen LogP contribution in [0.5, 0.6) is 11.5 Å². The second-order valence-corrected chi connectivity index (χ2v) is 10.8. The number of fused-ring (bicyclic) bond motifs is 1. The summed E-state index contributed by atoms with van der Waals surface area (Å²) < 4.78 is 15.4. The smallest absolute Gasteiger partial charge is 0.274 e. The molecule has 0 spiro atoms. The number of nitrogens with zero attached hydrogens (tertiary/aromatic N) is 4. The molecule has 2 saturated carbocycles. The molecule has 9 nitrogen and oxygen atoms in total. The zero-order valence-corrected chi connectivity index (χ0v) is 22.5. The first-order valence-corrected chi connectivity index (χ1v) is 13.5. The van der Waals surface area contributed by atoms with Crippen molar-refractivity contribution in [1.29, 1.82) is 0 Å². The number of pyridine rings is 2. The summed E-state index contributed by atoms with van der Waals surface area (Å²) in [5.74, 6) is 2.77. The highest BCUT2D eigenvalue weighted by molar-refractivity contribution is 5.81. The normalized spacial score (nSPS) is 18.6. The molecule has 0 saturated heterocycles. The maximum Gasteiger partial charge on any atom is 0.274 e. The minimum atomic E-state index is -0.0451. The summed E-state index contributed by atoms with van der Waals surface area (Å²) in [7, 11) is 3.66. The quantitative estimate of drug-likeness (QED) is 0.306. The van der Waals surface area contributed by atoms with Gasteiger partial charge in [0.2, 0.25) is 5.95 Å². The van der Waals surface area contributed by atoms with Crippen LogP contribution in [0.25, 0.3) is 11.0 Å². The number of aryl methyl sites for hydroxylation is 1. The molecule has 2 aliphatic rings. The molecule has 1 N–H and O–H groups in total. The van der Waals surface area contributed by atoms with E-state index < -0.39 is 0 Å². The second kappa shape index (κ2) is 10.3. The zero-order chi connectivity index (χ0) is 27.1. The van der Waals surface area contributed by atoms with Gasteiger partial charge in [-0.2, -0.15) is 0 Å². The fraction of sp³-hybridized carbons (Fsp3) is 0.400. The van der Waals surface area contributed by atoms with Crippen molar-refractivity contribution in [3.05, 3.63) is 70.4 Å². The average molecular weight is 528 g/mol. The zero-order valence-electron chi connectivity index (χ0n) is 22.5. The molecule has 2 fully saturated rings. The topological polar surface area (TPSA) is 100 Å². The first kappa shape index (κ1) is 25.3. The molecular formula is C30H33N5O4. The summed E-state index contributed by atoms with van der Waals surface area (Å²) in [6, 6.07) is 11.2. The van der Waals surface area contributed by atoms with Gasteiger partial charge in [0.25, 0.3) is 5.56 Å². The molecular weight excluding hydrogens is 494 g/mol. The molecule has 6 rings (SSSR count). The van der Waals surface area contributed by atoms with Crippen molar-refractivity contribution in [1.82, 2.24) is 19.1 Å². The van der Waals surface area contributed by atoms with Crippen LogP contribution in [0.4, 0.5) is 11.6 Å². The molecule has 4 aromatic rings. The number of hydrogen-bond acceptors (Lipinski definition) is 7. The van der Waals surface area contributed by atoms with E-state index in [4.69, 9.17) is 14.5 Å². The van der Waals surface area contributed by atoms with Gasteiger partial charge >= 0.3 is 0 Å². The second-order valence-electron chi connectivity index (χ2n) is 10.8. The molecule has 0 aliphatic heterocycles. The number of carbonyl (C=O) groups is 1. The Labute approximate surface area is 226 Å². The Bertz CT molecular complexity index is 1600. The molecule has 0 unspecified atom stereocenters. The van der Waals surface area contributed by atoms with Crippen LogP contribution in [0.3, 0.4) is 0 Å². The average Bonchev–Trinajstić information content (AvgIpc) is 3.69. The Hall–Kier alpha value is -3.98. The van der Waals surface area contributed by atoms with Crippen LogP contribution in [-0.4, -0.2) is 38.1 Å². The van der Waals surface area contributed by atoms with Gasteiger partial charge in [-0.25, -0.2) is 4.98 Å². The minimum absolute atomic E-state index is 0.0451. The third kappa shape index (κ3) is 5.31. The molecule has 1 aromatic carbocycles. The third-order valence-electron chi connectivity index (χ3n) is 7.79. The van der Waals surface area contributed by atoms with E-state index in [1.165, 1.54) is 5.56 Å². The summed E-state index contributed by atoms with van der Waals surface area (Å²) in [6.45, 7) is 2.21. The summed E-state index contributed by atoms with van der Waals surface area (Å²) >= 11 is 0. The van der Waals surface area contributed by atoms with Crippen LogP contribution in [-0.2, 0) is 29.5 Å². The maximum absolute atomic E-state index is 13.5. The van der Waals surface area contributed by atoms with E-state index in [0.29, 0.717) is 47.2 Å². The SMILES string of the molecule is CO[C@H]1CC[C@H]1Cn1cc(C2CC2)cc(Nc2nc3ccc(Oc4ccnc(CC(C)=O)c4)cc3n2C)c1=O. The van der Waals surface area contributed by atoms with E-state index in [1.54, 1.807) is 32.4 Å². The standard InChI is InChI=1S/C30H33N5O4/c1-18(36)12-22-14-24(10-11-31-22)39-23-7-8-25-27(15-23)34(2)30(32-25)33-26-13-21(19-4-5-19)17-35(29(26)37)16-20-6-9-28(20)38-3/h7-8,10-11,13-15,17,19-20,28H,4-6,9,12,16H2,1-3H3,(H,32,33)/t20-,28-/m0/s1. The van der Waals surface area contributed by atoms with Gasteiger partial charge in [0, 0.05) is 57.6 Å². The van der Waals surface area contributed by atoms with Crippen molar-refractivity contribution in [2.24, 2.45) is 13.0 Å². The summed E-state index contributed by atoms with van der Waals surface area (Å²) in [5.41, 5.74) is 4.01. The van der Waals surface area contributed by atoms with E-state index in [-0.39, 0.29) is 23.9 Å². The predicted molar refractivity (Wildman–Crippen MR) is 149 cm³/mol. The first-order valence-electron chi connectivity index (χ1n) is 13.5. The number of benzene rings is 1. The number of Topliss-reactive ketones (excluding diaryl/α,β-unsaturated/α-hetero) is 1. The van der Waals surface area contributed by atoms with Crippen molar-refractivity contribution in [2.75, 3.05) is 12.4 Å². The van der Waals surface area contributed by atoms with Crippen LogP contribution < -0.4 is 15.6 Å². The molecule has 2 aliphatic carbocycles. The summed E-state index contributed by atoms with van der Waals surface area (Å²) in [4.78, 5) is 34.0. The Morgan fingerprint density at radius 3 is 2.64 bits per heavy atom. The van der Waals surface area contributed by atoms with Gasteiger partial charge in [-0.1, -0.05) is 0 Å². The van der Waals surface area contributed by atoms with Gasteiger partial charge in [-0.05, 0) is 68.4 Å². The van der Waals surface area contributed by atoms with Gasteiger partial charge in [0.1, 0.15) is 23.0 Å². The summed E-state index contributed by atoms with van der Waals surface area (Å²) in [5, 5.41) is 3.33. The minimum Gasteiger partial charge on any atom is -0.457 e. The number of ketones is 1. The summed E-state index contributed by atoms with van der Waals surface area (Å²) in [6.07, 6.45) is 8.61. The lowest BCUT2D eigenvalue weighted by Crippen LogP contribution is -2.38. The van der Waals surface area contributed by atoms with Crippen molar-refractivity contribution < 1.29 is 14.3 Å². The number of methoxy groups -OCH3 is 1.